The normalized spacial score (nSPS) is 25.5. The highest BCUT2D eigenvalue weighted by Gasteiger charge is 2.37. The predicted octanol–water partition coefficient (Wildman–Crippen LogP) is 2.95. The SMILES string of the molecule is CC1=C(C)C(=NS(=O)(=O)c2ccccc2)[C@H](Cl)[C@@H](Cl)C1=O. The molecule has 21 heavy (non-hydrogen) atoms. The Hall–Kier alpha value is -1.17. The summed E-state index contributed by atoms with van der Waals surface area (Å²) in [5.41, 5.74) is 0.961. The van der Waals surface area contributed by atoms with E-state index >= 15 is 0 Å². The third-order valence-corrected chi connectivity index (χ3v) is 5.69. The van der Waals surface area contributed by atoms with Gasteiger partial charge in [0.2, 0.25) is 0 Å². The zero-order valence-corrected chi connectivity index (χ0v) is 13.7. The summed E-state index contributed by atoms with van der Waals surface area (Å²) in [6, 6.07) is 7.81. The first kappa shape index (κ1) is 16.2. The molecule has 1 aromatic rings. The zero-order chi connectivity index (χ0) is 15.8. The third-order valence-electron chi connectivity index (χ3n) is 3.34. The number of hydrogen-bond acceptors (Lipinski definition) is 3. The highest BCUT2D eigenvalue weighted by atomic mass is 35.5. The van der Waals surface area contributed by atoms with E-state index in [1.54, 1.807) is 32.0 Å². The summed E-state index contributed by atoms with van der Waals surface area (Å²) in [5, 5.41) is -1.98. The van der Waals surface area contributed by atoms with Crippen molar-refractivity contribution in [1.29, 1.82) is 0 Å². The van der Waals surface area contributed by atoms with Crippen LogP contribution in [-0.2, 0) is 14.8 Å². The van der Waals surface area contributed by atoms with Crippen LogP contribution in [0.1, 0.15) is 13.8 Å². The topological polar surface area (TPSA) is 63.6 Å². The highest BCUT2D eigenvalue weighted by molar-refractivity contribution is 7.90. The van der Waals surface area contributed by atoms with Crippen LogP contribution in [0.3, 0.4) is 0 Å². The molecular formula is C14H13Cl2NO3S. The van der Waals surface area contributed by atoms with Gasteiger partial charge in [-0.3, -0.25) is 4.79 Å². The fourth-order valence-electron chi connectivity index (χ4n) is 1.96. The summed E-state index contributed by atoms with van der Waals surface area (Å²) < 4.78 is 28.4. The van der Waals surface area contributed by atoms with Gasteiger partial charge in [-0.25, -0.2) is 0 Å². The van der Waals surface area contributed by atoms with E-state index in [-0.39, 0.29) is 16.4 Å². The number of nitrogens with zero attached hydrogens (tertiary/aromatic N) is 1. The molecule has 0 aliphatic heterocycles. The Bertz CT molecular complexity index is 739. The maximum absolute atomic E-state index is 12.3. The van der Waals surface area contributed by atoms with Gasteiger partial charge in [0.15, 0.2) is 5.78 Å². The number of benzene rings is 1. The molecule has 0 unspecified atom stereocenters. The van der Waals surface area contributed by atoms with Crippen LogP contribution in [0, 0.1) is 0 Å². The molecule has 0 aromatic heterocycles. The van der Waals surface area contributed by atoms with Crippen LogP contribution < -0.4 is 0 Å². The quantitative estimate of drug-likeness (QED) is 0.774. The Morgan fingerprint density at radius 1 is 1.00 bits per heavy atom. The number of alkyl halides is 2. The summed E-state index contributed by atoms with van der Waals surface area (Å²) in [5.74, 6) is -0.301. The van der Waals surface area contributed by atoms with Crippen molar-refractivity contribution in [2.75, 3.05) is 0 Å². The van der Waals surface area contributed by atoms with E-state index in [0.717, 1.165) is 0 Å². The summed E-state index contributed by atoms with van der Waals surface area (Å²) in [6.07, 6.45) is 0. The molecule has 0 saturated heterocycles. The number of rotatable bonds is 2. The van der Waals surface area contributed by atoms with E-state index in [0.29, 0.717) is 11.1 Å². The number of Topliss-reactive ketones (excluding diaryl/α,β-unsaturated/α-hetero) is 1. The number of hydrogen-bond donors (Lipinski definition) is 0. The first-order chi connectivity index (χ1) is 9.75. The number of halogens is 2. The highest BCUT2D eigenvalue weighted by Crippen LogP contribution is 2.29. The van der Waals surface area contributed by atoms with Gasteiger partial charge in [-0.15, -0.1) is 23.2 Å². The summed E-state index contributed by atoms with van der Waals surface area (Å²) in [6.45, 7) is 3.20. The van der Waals surface area contributed by atoms with Crippen LogP contribution in [0.2, 0.25) is 0 Å². The second kappa shape index (κ2) is 5.91. The first-order valence-electron chi connectivity index (χ1n) is 6.16. The lowest BCUT2D eigenvalue weighted by molar-refractivity contribution is -0.115. The Kier molecular flexibility index (Phi) is 4.56. The number of ketones is 1. The summed E-state index contributed by atoms with van der Waals surface area (Å²) in [7, 11) is -3.89. The maximum atomic E-state index is 12.3. The van der Waals surface area contributed by atoms with Gasteiger partial charge in [0.05, 0.1) is 10.6 Å². The average molecular weight is 346 g/mol. The van der Waals surface area contributed by atoms with Crippen LogP contribution in [0.4, 0.5) is 0 Å². The molecule has 0 radical (unpaired) electrons. The lowest BCUT2D eigenvalue weighted by Gasteiger charge is -2.25. The second-order valence-corrected chi connectivity index (χ2v) is 7.23. The minimum Gasteiger partial charge on any atom is -0.293 e. The zero-order valence-electron chi connectivity index (χ0n) is 11.4. The molecule has 0 heterocycles. The van der Waals surface area contributed by atoms with Gasteiger partial charge in [0.1, 0.15) is 10.8 Å². The van der Waals surface area contributed by atoms with Crippen LogP contribution in [0.5, 0.6) is 0 Å². The van der Waals surface area contributed by atoms with Crippen molar-refractivity contribution in [3.63, 3.8) is 0 Å². The van der Waals surface area contributed by atoms with Gasteiger partial charge in [-0.1, -0.05) is 18.2 Å². The van der Waals surface area contributed by atoms with E-state index in [1.165, 1.54) is 12.1 Å². The monoisotopic (exact) mass is 345 g/mol. The molecule has 2 rings (SSSR count). The minimum absolute atomic E-state index is 0.0647. The predicted molar refractivity (Wildman–Crippen MR) is 83.7 cm³/mol. The number of carbonyl (C=O) groups excluding carboxylic acids is 1. The molecule has 1 aliphatic rings. The molecule has 2 atom stereocenters. The molecule has 0 saturated carbocycles. The molecule has 1 aromatic carbocycles. The molecule has 4 nitrogen and oxygen atoms in total. The molecule has 7 heteroatoms. The van der Waals surface area contributed by atoms with Crippen LogP contribution >= 0.6 is 23.2 Å². The molecular weight excluding hydrogens is 333 g/mol. The van der Waals surface area contributed by atoms with Crippen molar-refractivity contribution in [1.82, 2.24) is 0 Å². The van der Waals surface area contributed by atoms with Gasteiger partial charge < -0.3 is 0 Å². The van der Waals surface area contributed by atoms with Gasteiger partial charge in [-0.2, -0.15) is 12.8 Å². The third kappa shape index (κ3) is 3.05. The second-order valence-electron chi connectivity index (χ2n) is 4.68. The van der Waals surface area contributed by atoms with E-state index in [2.05, 4.69) is 4.40 Å². The molecule has 0 amide bonds. The van der Waals surface area contributed by atoms with Crippen molar-refractivity contribution in [3.8, 4) is 0 Å². The summed E-state index contributed by atoms with van der Waals surface area (Å²) in [4.78, 5) is 11.9. The lowest BCUT2D eigenvalue weighted by Crippen LogP contribution is -2.39. The van der Waals surface area contributed by atoms with Crippen LogP contribution in [-0.4, -0.2) is 30.7 Å². The smallest absolute Gasteiger partial charge is 0.282 e. The molecule has 0 spiro atoms. The van der Waals surface area contributed by atoms with Gasteiger partial charge >= 0.3 is 0 Å². The van der Waals surface area contributed by atoms with Gasteiger partial charge in [0.25, 0.3) is 10.0 Å². The van der Waals surface area contributed by atoms with Crippen molar-refractivity contribution >= 4 is 44.7 Å². The van der Waals surface area contributed by atoms with Crippen LogP contribution in [0.25, 0.3) is 0 Å². The Balaban J connectivity index is 2.57. The largest absolute Gasteiger partial charge is 0.293 e. The van der Waals surface area contributed by atoms with Crippen molar-refractivity contribution < 1.29 is 13.2 Å². The van der Waals surface area contributed by atoms with E-state index in [4.69, 9.17) is 23.2 Å². The molecule has 0 fully saturated rings. The Morgan fingerprint density at radius 2 is 1.57 bits per heavy atom. The fourth-order valence-corrected chi connectivity index (χ4v) is 3.74. The average Bonchev–Trinajstić information content (AvgIpc) is 2.48. The van der Waals surface area contributed by atoms with Crippen molar-refractivity contribution in [2.45, 2.75) is 29.5 Å². The van der Waals surface area contributed by atoms with E-state index < -0.39 is 20.8 Å². The van der Waals surface area contributed by atoms with Gasteiger partial charge in [-0.05, 0) is 37.1 Å². The number of allylic oxidation sites excluding steroid dienone is 2. The molecule has 1 aliphatic carbocycles. The number of carbonyl (C=O) groups is 1. The molecule has 0 N–H and O–H groups in total. The lowest BCUT2D eigenvalue weighted by atomic mass is 9.90. The number of sulfonamides is 1. The van der Waals surface area contributed by atoms with Crippen molar-refractivity contribution in [2.24, 2.45) is 4.40 Å². The summed E-state index contributed by atoms with van der Waals surface area (Å²) >= 11 is 12.1. The van der Waals surface area contributed by atoms with Gasteiger partial charge in [0, 0.05) is 0 Å². The van der Waals surface area contributed by atoms with Crippen molar-refractivity contribution in [3.05, 3.63) is 41.5 Å². The molecule has 112 valence electrons. The fraction of sp³-hybridized carbons (Fsp3) is 0.286. The maximum Gasteiger partial charge on any atom is 0.282 e. The van der Waals surface area contributed by atoms with Crippen LogP contribution in [0.15, 0.2) is 50.8 Å². The standard InChI is InChI=1S/C14H13Cl2NO3S/c1-8-9(2)14(18)12(16)11(15)13(8)17-21(19,20)10-6-4-3-5-7-10/h3-7,11-12H,1-2H3/t11-,12-/m1/s1. The minimum atomic E-state index is -3.89. The molecule has 0 bridgehead atoms. The first-order valence-corrected chi connectivity index (χ1v) is 8.47. The Morgan fingerprint density at radius 3 is 2.14 bits per heavy atom. The van der Waals surface area contributed by atoms with E-state index in [1.807, 2.05) is 0 Å². The van der Waals surface area contributed by atoms with E-state index in [9.17, 15) is 13.2 Å². The Labute approximate surface area is 133 Å².